The quantitative estimate of drug-likeness (QED) is 0.618. The monoisotopic (exact) mass is 244 g/mol. The zero-order valence-corrected chi connectivity index (χ0v) is 9.98. The van der Waals surface area contributed by atoms with Gasteiger partial charge in [-0.25, -0.2) is 0 Å². The van der Waals surface area contributed by atoms with Crippen molar-refractivity contribution >= 4 is 38.5 Å². The van der Waals surface area contributed by atoms with Crippen molar-refractivity contribution in [1.82, 2.24) is 0 Å². The van der Waals surface area contributed by atoms with Crippen molar-refractivity contribution in [2.24, 2.45) is 0 Å². The molecular weight excluding hydrogens is 236 g/mol. The molecule has 0 saturated heterocycles. The lowest BCUT2D eigenvalue weighted by molar-refractivity contribution is 0.104. The molecule has 0 amide bonds. The second-order valence-electron chi connectivity index (χ2n) is 3.45. The Hall–Kier alpha value is -1.45. The van der Waals surface area contributed by atoms with Gasteiger partial charge in [0.25, 0.3) is 0 Å². The average molecular weight is 244 g/mol. The number of benzene rings is 1. The Morgan fingerprint density at radius 2 is 1.88 bits per heavy atom. The van der Waals surface area contributed by atoms with Crippen molar-refractivity contribution < 1.29 is 4.79 Å². The van der Waals surface area contributed by atoms with Crippen LogP contribution in [0.2, 0.25) is 0 Å². The van der Waals surface area contributed by atoms with E-state index in [4.69, 9.17) is 0 Å². The highest BCUT2D eigenvalue weighted by Gasteiger charge is 2.14. The highest BCUT2D eigenvalue weighted by Crippen LogP contribution is 2.28. The molecule has 3 aromatic rings. The predicted octanol–water partition coefficient (Wildman–Crippen LogP) is 4.19. The second kappa shape index (κ2) is 3.85. The van der Waals surface area contributed by atoms with Crippen LogP contribution in [0.4, 0.5) is 0 Å². The molecule has 16 heavy (non-hydrogen) atoms. The van der Waals surface area contributed by atoms with E-state index in [1.807, 2.05) is 47.2 Å². The molecule has 0 aliphatic rings. The van der Waals surface area contributed by atoms with E-state index in [1.54, 1.807) is 11.3 Å². The van der Waals surface area contributed by atoms with Crippen molar-refractivity contribution in [2.45, 2.75) is 0 Å². The Bertz CT molecular complexity index is 635. The number of carbonyl (C=O) groups excluding carboxylic acids is 1. The van der Waals surface area contributed by atoms with Crippen LogP contribution >= 0.6 is 22.7 Å². The molecule has 0 atom stereocenters. The summed E-state index contributed by atoms with van der Waals surface area (Å²) in [6, 6.07) is 11.8. The number of thiophene rings is 2. The van der Waals surface area contributed by atoms with Crippen LogP contribution in [0.5, 0.6) is 0 Å². The molecule has 3 rings (SSSR count). The fourth-order valence-corrected chi connectivity index (χ4v) is 3.31. The lowest BCUT2D eigenvalue weighted by Gasteiger charge is -1.95. The fourth-order valence-electron chi connectivity index (χ4n) is 1.69. The molecule has 3 heteroatoms. The third-order valence-electron chi connectivity index (χ3n) is 2.47. The zero-order valence-electron chi connectivity index (χ0n) is 8.34. The Kier molecular flexibility index (Phi) is 2.35. The molecule has 1 aromatic carbocycles. The molecule has 0 fully saturated rings. The minimum atomic E-state index is 0.132. The summed E-state index contributed by atoms with van der Waals surface area (Å²) in [4.78, 5) is 13.0. The number of fused-ring (bicyclic) bond motifs is 1. The smallest absolute Gasteiger partial charge is 0.204 e. The number of carbonyl (C=O) groups is 1. The summed E-state index contributed by atoms with van der Waals surface area (Å²) in [7, 11) is 0. The van der Waals surface area contributed by atoms with Gasteiger partial charge in [-0.3, -0.25) is 4.79 Å². The van der Waals surface area contributed by atoms with Gasteiger partial charge in [0.1, 0.15) is 0 Å². The van der Waals surface area contributed by atoms with E-state index in [2.05, 4.69) is 0 Å². The van der Waals surface area contributed by atoms with Gasteiger partial charge >= 0.3 is 0 Å². The molecule has 0 radical (unpaired) electrons. The summed E-state index contributed by atoms with van der Waals surface area (Å²) in [5.41, 5.74) is 0.822. The van der Waals surface area contributed by atoms with Gasteiger partial charge < -0.3 is 0 Å². The molecule has 2 heterocycles. The summed E-state index contributed by atoms with van der Waals surface area (Å²) < 4.78 is 1.17. The standard InChI is InChI=1S/C13H8OS2/c14-13(12-6-3-7-15-12)10-8-16-11-5-2-1-4-9(10)11/h1-8H. The van der Waals surface area contributed by atoms with Crippen LogP contribution in [0.25, 0.3) is 10.1 Å². The molecule has 0 aliphatic carbocycles. The number of hydrogen-bond donors (Lipinski definition) is 0. The Balaban J connectivity index is 2.16. The highest BCUT2D eigenvalue weighted by atomic mass is 32.1. The minimum absolute atomic E-state index is 0.132. The summed E-state index contributed by atoms with van der Waals surface area (Å²) in [5.74, 6) is 0.132. The third kappa shape index (κ3) is 1.49. The molecule has 0 aliphatic heterocycles. The van der Waals surface area contributed by atoms with Gasteiger partial charge in [0.2, 0.25) is 5.78 Å². The first-order valence-corrected chi connectivity index (χ1v) is 6.66. The van der Waals surface area contributed by atoms with Gasteiger partial charge in [0.05, 0.1) is 4.88 Å². The van der Waals surface area contributed by atoms with Crippen LogP contribution in [0.1, 0.15) is 15.2 Å². The lowest BCUT2D eigenvalue weighted by atomic mass is 10.1. The van der Waals surface area contributed by atoms with Crippen LogP contribution in [0.15, 0.2) is 47.2 Å². The predicted molar refractivity (Wildman–Crippen MR) is 69.6 cm³/mol. The minimum Gasteiger partial charge on any atom is -0.288 e. The van der Waals surface area contributed by atoms with E-state index in [9.17, 15) is 4.79 Å². The lowest BCUT2D eigenvalue weighted by Crippen LogP contribution is -1.96. The first-order valence-electron chi connectivity index (χ1n) is 4.91. The molecule has 0 N–H and O–H groups in total. The van der Waals surface area contributed by atoms with Gasteiger partial charge in [0.15, 0.2) is 0 Å². The van der Waals surface area contributed by atoms with Crippen molar-refractivity contribution in [3.63, 3.8) is 0 Å². The van der Waals surface area contributed by atoms with Gasteiger partial charge in [-0.1, -0.05) is 24.3 Å². The van der Waals surface area contributed by atoms with Crippen molar-refractivity contribution in [3.05, 3.63) is 57.6 Å². The van der Waals surface area contributed by atoms with E-state index >= 15 is 0 Å². The van der Waals surface area contributed by atoms with E-state index in [-0.39, 0.29) is 5.78 Å². The van der Waals surface area contributed by atoms with Crippen LogP contribution < -0.4 is 0 Å². The topological polar surface area (TPSA) is 17.1 Å². The van der Waals surface area contributed by atoms with Crippen LogP contribution in [-0.2, 0) is 0 Å². The number of rotatable bonds is 2. The van der Waals surface area contributed by atoms with Crippen LogP contribution in [0.3, 0.4) is 0 Å². The van der Waals surface area contributed by atoms with Crippen LogP contribution in [-0.4, -0.2) is 5.78 Å². The van der Waals surface area contributed by atoms with Crippen molar-refractivity contribution in [2.75, 3.05) is 0 Å². The maximum absolute atomic E-state index is 12.2. The van der Waals surface area contributed by atoms with Gasteiger partial charge in [0, 0.05) is 21.0 Å². The molecule has 78 valence electrons. The second-order valence-corrected chi connectivity index (χ2v) is 5.31. The number of ketones is 1. The molecule has 2 aromatic heterocycles. The molecule has 0 bridgehead atoms. The van der Waals surface area contributed by atoms with Crippen molar-refractivity contribution in [1.29, 1.82) is 0 Å². The first-order chi connectivity index (χ1) is 7.86. The Labute approximate surface area is 101 Å². The van der Waals surface area contributed by atoms with E-state index < -0.39 is 0 Å². The molecule has 0 unspecified atom stereocenters. The normalized spacial score (nSPS) is 10.8. The molecular formula is C13H8OS2. The van der Waals surface area contributed by atoms with E-state index in [0.717, 1.165) is 15.8 Å². The van der Waals surface area contributed by atoms with Gasteiger partial charge in [-0.15, -0.1) is 22.7 Å². The molecule has 0 spiro atoms. The third-order valence-corrected chi connectivity index (χ3v) is 4.30. The van der Waals surface area contributed by atoms with E-state index in [0.29, 0.717) is 0 Å². The SMILES string of the molecule is O=C(c1cccs1)c1csc2ccccc12. The highest BCUT2D eigenvalue weighted by molar-refractivity contribution is 7.18. The summed E-state index contributed by atoms with van der Waals surface area (Å²) >= 11 is 3.12. The van der Waals surface area contributed by atoms with E-state index in [1.165, 1.54) is 16.0 Å². The molecule has 0 saturated carbocycles. The Morgan fingerprint density at radius 3 is 2.69 bits per heavy atom. The fraction of sp³-hybridized carbons (Fsp3) is 0. The van der Waals surface area contributed by atoms with Crippen LogP contribution in [0, 0.1) is 0 Å². The zero-order chi connectivity index (χ0) is 11.0. The molecule has 1 nitrogen and oxygen atoms in total. The number of hydrogen-bond acceptors (Lipinski definition) is 3. The summed E-state index contributed by atoms with van der Waals surface area (Å²) in [5, 5.41) is 4.94. The largest absolute Gasteiger partial charge is 0.288 e. The summed E-state index contributed by atoms with van der Waals surface area (Å²) in [6.07, 6.45) is 0. The van der Waals surface area contributed by atoms with Gasteiger partial charge in [-0.05, 0) is 17.5 Å². The van der Waals surface area contributed by atoms with Crippen molar-refractivity contribution in [3.8, 4) is 0 Å². The average Bonchev–Trinajstić information content (AvgIpc) is 2.98. The maximum Gasteiger partial charge on any atom is 0.204 e. The maximum atomic E-state index is 12.2. The first kappa shape index (κ1) is 9.75. The van der Waals surface area contributed by atoms with Gasteiger partial charge in [-0.2, -0.15) is 0 Å². The summed E-state index contributed by atoms with van der Waals surface area (Å²) in [6.45, 7) is 0. The Morgan fingerprint density at radius 1 is 1.00 bits per heavy atom.